The highest BCUT2D eigenvalue weighted by atomic mass is 35.5. The van der Waals surface area contributed by atoms with E-state index in [-0.39, 0.29) is 22.9 Å². The summed E-state index contributed by atoms with van der Waals surface area (Å²) in [5, 5.41) is 8.49. The lowest BCUT2D eigenvalue weighted by Gasteiger charge is -2.04. The molecule has 1 rings (SSSR count). The number of nitriles is 1. The largest absolute Gasteiger partial charge is 0.447 e. The number of ether oxygens (including phenoxy) is 1. The minimum atomic E-state index is -0.647. The lowest BCUT2D eigenvalue weighted by molar-refractivity contribution is 0.0556. The van der Waals surface area contributed by atoms with Crippen molar-refractivity contribution in [1.82, 2.24) is 0 Å². The maximum Gasteiger partial charge on any atom is 0.341 e. The standard InChI is InChI=1S/C9H7ClN2O2/c10-7-3-1-2-6(8(7)12)9(13)14-5-4-11/h1-3H,5,12H2. The van der Waals surface area contributed by atoms with Crippen LogP contribution in [0.2, 0.25) is 5.02 Å². The van der Waals surface area contributed by atoms with Crippen molar-refractivity contribution in [3.8, 4) is 6.07 Å². The van der Waals surface area contributed by atoms with Gasteiger partial charge in [-0.15, -0.1) is 0 Å². The van der Waals surface area contributed by atoms with E-state index < -0.39 is 5.97 Å². The first-order chi connectivity index (χ1) is 6.66. The average Bonchev–Trinajstić information content (AvgIpc) is 2.18. The van der Waals surface area contributed by atoms with Crippen LogP contribution in [0.4, 0.5) is 5.69 Å². The summed E-state index contributed by atoms with van der Waals surface area (Å²) < 4.78 is 4.57. The summed E-state index contributed by atoms with van der Waals surface area (Å²) in [5.41, 5.74) is 5.88. The number of benzene rings is 1. The number of para-hydroxylation sites is 1. The van der Waals surface area contributed by atoms with Gasteiger partial charge in [0.25, 0.3) is 0 Å². The second kappa shape index (κ2) is 4.49. The Kier molecular flexibility index (Phi) is 3.32. The van der Waals surface area contributed by atoms with Crippen LogP contribution in [0.3, 0.4) is 0 Å². The van der Waals surface area contributed by atoms with E-state index in [1.54, 1.807) is 18.2 Å². The van der Waals surface area contributed by atoms with Crippen molar-refractivity contribution >= 4 is 23.3 Å². The van der Waals surface area contributed by atoms with Crippen molar-refractivity contribution in [2.45, 2.75) is 0 Å². The molecule has 0 aliphatic carbocycles. The van der Waals surface area contributed by atoms with Crippen molar-refractivity contribution in [2.24, 2.45) is 0 Å². The number of hydrogen-bond donors (Lipinski definition) is 1. The lowest BCUT2D eigenvalue weighted by atomic mass is 10.2. The molecule has 0 saturated carbocycles. The van der Waals surface area contributed by atoms with Crippen molar-refractivity contribution in [3.63, 3.8) is 0 Å². The number of carbonyl (C=O) groups is 1. The molecular formula is C9H7ClN2O2. The minimum Gasteiger partial charge on any atom is -0.447 e. The molecule has 0 aliphatic rings. The van der Waals surface area contributed by atoms with Gasteiger partial charge in [-0.25, -0.2) is 4.79 Å². The van der Waals surface area contributed by atoms with Crippen LogP contribution in [0.15, 0.2) is 18.2 Å². The van der Waals surface area contributed by atoms with E-state index in [0.29, 0.717) is 0 Å². The van der Waals surface area contributed by atoms with Crippen LogP contribution >= 0.6 is 11.6 Å². The maximum atomic E-state index is 11.3. The smallest absolute Gasteiger partial charge is 0.341 e. The molecule has 0 radical (unpaired) electrons. The molecular weight excluding hydrogens is 204 g/mol. The molecule has 0 atom stereocenters. The fraction of sp³-hybridized carbons (Fsp3) is 0.111. The SMILES string of the molecule is N#CCOC(=O)c1cccc(Cl)c1N. The van der Waals surface area contributed by atoms with Crippen molar-refractivity contribution in [2.75, 3.05) is 12.3 Å². The molecule has 72 valence electrons. The second-order valence-corrected chi connectivity index (χ2v) is 2.84. The quantitative estimate of drug-likeness (QED) is 0.594. The second-order valence-electron chi connectivity index (χ2n) is 2.44. The number of anilines is 1. The highest BCUT2D eigenvalue weighted by molar-refractivity contribution is 6.33. The number of carbonyl (C=O) groups excluding carboxylic acids is 1. The summed E-state index contributed by atoms with van der Waals surface area (Å²) in [6.07, 6.45) is 0. The first kappa shape index (κ1) is 10.4. The third kappa shape index (κ3) is 2.15. The molecule has 0 saturated heterocycles. The van der Waals surface area contributed by atoms with Crippen LogP contribution in [-0.4, -0.2) is 12.6 Å². The van der Waals surface area contributed by atoms with Crippen molar-refractivity contribution in [1.29, 1.82) is 5.26 Å². The van der Waals surface area contributed by atoms with Crippen molar-refractivity contribution < 1.29 is 9.53 Å². The molecule has 0 amide bonds. The topological polar surface area (TPSA) is 76.1 Å². The number of halogens is 1. The molecule has 0 bridgehead atoms. The van der Waals surface area contributed by atoms with E-state index in [0.717, 1.165) is 0 Å². The van der Waals surface area contributed by atoms with Gasteiger partial charge in [-0.2, -0.15) is 5.26 Å². The number of nitrogens with two attached hydrogens (primary N) is 1. The molecule has 1 aromatic carbocycles. The van der Waals surface area contributed by atoms with E-state index in [9.17, 15) is 4.79 Å². The molecule has 0 unspecified atom stereocenters. The Hall–Kier alpha value is -1.73. The van der Waals surface area contributed by atoms with Crippen molar-refractivity contribution in [3.05, 3.63) is 28.8 Å². The highest BCUT2D eigenvalue weighted by Gasteiger charge is 2.12. The zero-order chi connectivity index (χ0) is 10.6. The van der Waals surface area contributed by atoms with E-state index >= 15 is 0 Å². The number of nitrogens with zero attached hydrogens (tertiary/aromatic N) is 1. The Balaban J connectivity index is 2.91. The Morgan fingerprint density at radius 3 is 3.00 bits per heavy atom. The predicted molar refractivity (Wildman–Crippen MR) is 51.8 cm³/mol. The molecule has 2 N–H and O–H groups in total. The molecule has 0 spiro atoms. The molecule has 0 aliphatic heterocycles. The molecule has 5 heteroatoms. The van der Waals surface area contributed by atoms with Gasteiger partial charge in [0.15, 0.2) is 6.61 Å². The Morgan fingerprint density at radius 2 is 2.36 bits per heavy atom. The maximum absolute atomic E-state index is 11.3. The first-order valence-electron chi connectivity index (χ1n) is 3.75. The summed E-state index contributed by atoms with van der Waals surface area (Å²) >= 11 is 5.69. The summed E-state index contributed by atoms with van der Waals surface area (Å²) in [6.45, 7) is -0.301. The van der Waals surface area contributed by atoms with Crippen LogP contribution in [0.1, 0.15) is 10.4 Å². The van der Waals surface area contributed by atoms with Gasteiger partial charge in [0.1, 0.15) is 6.07 Å². The summed E-state index contributed by atoms with van der Waals surface area (Å²) in [6, 6.07) is 6.33. The zero-order valence-electron chi connectivity index (χ0n) is 7.16. The lowest BCUT2D eigenvalue weighted by Crippen LogP contribution is -2.08. The summed E-state index contributed by atoms with van der Waals surface area (Å²) in [4.78, 5) is 11.3. The van der Waals surface area contributed by atoms with Gasteiger partial charge >= 0.3 is 5.97 Å². The number of hydrogen-bond acceptors (Lipinski definition) is 4. The Labute approximate surface area is 85.8 Å². The average molecular weight is 211 g/mol. The molecule has 0 heterocycles. The third-order valence-electron chi connectivity index (χ3n) is 1.54. The Bertz CT molecular complexity index is 398. The zero-order valence-corrected chi connectivity index (χ0v) is 7.91. The monoisotopic (exact) mass is 210 g/mol. The number of nitrogen functional groups attached to an aromatic ring is 1. The van der Waals surface area contributed by atoms with Gasteiger partial charge in [-0.1, -0.05) is 17.7 Å². The highest BCUT2D eigenvalue weighted by Crippen LogP contribution is 2.22. The first-order valence-corrected chi connectivity index (χ1v) is 4.12. The van der Waals surface area contributed by atoms with E-state index in [1.165, 1.54) is 6.07 Å². The van der Waals surface area contributed by atoms with Gasteiger partial charge in [-0.05, 0) is 12.1 Å². The van der Waals surface area contributed by atoms with Gasteiger partial charge < -0.3 is 10.5 Å². The molecule has 4 nitrogen and oxygen atoms in total. The van der Waals surface area contributed by atoms with Crippen LogP contribution in [0.5, 0.6) is 0 Å². The van der Waals surface area contributed by atoms with E-state index in [4.69, 9.17) is 22.6 Å². The molecule has 1 aromatic rings. The van der Waals surface area contributed by atoms with Crippen LogP contribution in [-0.2, 0) is 4.74 Å². The normalized spacial score (nSPS) is 9.14. The predicted octanol–water partition coefficient (Wildman–Crippen LogP) is 1.60. The van der Waals surface area contributed by atoms with Crippen LogP contribution in [0, 0.1) is 11.3 Å². The van der Waals surface area contributed by atoms with Gasteiger partial charge in [0.2, 0.25) is 0 Å². The van der Waals surface area contributed by atoms with Crippen LogP contribution in [0.25, 0.3) is 0 Å². The van der Waals surface area contributed by atoms with Crippen LogP contribution < -0.4 is 5.73 Å². The van der Waals surface area contributed by atoms with E-state index in [2.05, 4.69) is 4.74 Å². The van der Waals surface area contributed by atoms with E-state index in [1.807, 2.05) is 0 Å². The fourth-order valence-corrected chi connectivity index (χ4v) is 1.07. The number of rotatable bonds is 2. The van der Waals surface area contributed by atoms with Gasteiger partial charge in [0, 0.05) is 0 Å². The molecule has 0 fully saturated rings. The minimum absolute atomic E-state index is 0.164. The molecule has 0 aromatic heterocycles. The fourth-order valence-electron chi connectivity index (χ4n) is 0.891. The van der Waals surface area contributed by atoms with Gasteiger partial charge in [0.05, 0.1) is 16.3 Å². The summed E-state index contributed by atoms with van der Waals surface area (Å²) in [7, 11) is 0. The summed E-state index contributed by atoms with van der Waals surface area (Å²) in [5.74, 6) is -0.647. The Morgan fingerprint density at radius 1 is 1.64 bits per heavy atom. The third-order valence-corrected chi connectivity index (χ3v) is 1.87. The number of esters is 1. The molecule has 14 heavy (non-hydrogen) atoms. The van der Waals surface area contributed by atoms with Gasteiger partial charge in [-0.3, -0.25) is 0 Å².